The van der Waals surface area contributed by atoms with Crippen molar-refractivity contribution < 1.29 is 9.50 Å². The van der Waals surface area contributed by atoms with Gasteiger partial charge in [-0.15, -0.1) is 0 Å². The Morgan fingerprint density at radius 3 is 2.81 bits per heavy atom. The van der Waals surface area contributed by atoms with Crippen LogP contribution in [0.3, 0.4) is 0 Å². The van der Waals surface area contributed by atoms with Crippen molar-refractivity contribution >= 4 is 11.0 Å². The summed E-state index contributed by atoms with van der Waals surface area (Å²) in [6.07, 6.45) is 1.98. The Balaban J connectivity index is 1.43. The van der Waals surface area contributed by atoms with Gasteiger partial charge in [-0.1, -0.05) is 32.0 Å². The van der Waals surface area contributed by atoms with Crippen molar-refractivity contribution in [3.05, 3.63) is 69.9 Å². The van der Waals surface area contributed by atoms with E-state index in [0.717, 1.165) is 28.7 Å². The molecule has 0 bridgehead atoms. The van der Waals surface area contributed by atoms with E-state index in [-0.39, 0.29) is 23.3 Å². The average Bonchev–Trinajstić information content (AvgIpc) is 3.05. The van der Waals surface area contributed by atoms with E-state index in [4.69, 9.17) is 0 Å². The van der Waals surface area contributed by atoms with Gasteiger partial charge in [-0.25, -0.2) is 9.18 Å². The van der Waals surface area contributed by atoms with Crippen molar-refractivity contribution in [2.45, 2.75) is 51.2 Å². The number of benzene rings is 2. The average molecular weight is 426 g/mol. The van der Waals surface area contributed by atoms with Gasteiger partial charge in [0.15, 0.2) is 0 Å². The third-order valence-electron chi connectivity index (χ3n) is 6.83. The number of nitrogens with zero attached hydrogens (tertiary/aromatic N) is 2. The van der Waals surface area contributed by atoms with Gasteiger partial charge in [0, 0.05) is 25.6 Å². The van der Waals surface area contributed by atoms with E-state index >= 15 is 0 Å². The van der Waals surface area contributed by atoms with Crippen LogP contribution in [0.1, 0.15) is 43.7 Å². The van der Waals surface area contributed by atoms with Crippen LogP contribution in [0.25, 0.3) is 11.0 Å². The minimum absolute atomic E-state index is 0.0125. The van der Waals surface area contributed by atoms with Gasteiger partial charge >= 0.3 is 5.69 Å². The molecule has 1 aromatic heterocycles. The van der Waals surface area contributed by atoms with Gasteiger partial charge < -0.3 is 15.0 Å². The molecule has 2 N–H and O–H groups in total. The largest absolute Gasteiger partial charge is 0.389 e. The van der Waals surface area contributed by atoms with Gasteiger partial charge in [-0.05, 0) is 67.6 Å². The lowest BCUT2D eigenvalue weighted by molar-refractivity contribution is -0.0301. The smallest absolute Gasteiger partial charge is 0.326 e. The summed E-state index contributed by atoms with van der Waals surface area (Å²) in [5.74, 6) is 0.0325. The second kappa shape index (κ2) is 8.60. The summed E-state index contributed by atoms with van der Waals surface area (Å²) in [6.45, 7) is 6.29. The van der Waals surface area contributed by atoms with Crippen molar-refractivity contribution in [2.75, 3.05) is 20.1 Å². The van der Waals surface area contributed by atoms with Gasteiger partial charge in [-0.3, -0.25) is 4.57 Å². The molecule has 0 saturated carbocycles. The van der Waals surface area contributed by atoms with Crippen LogP contribution in [-0.4, -0.2) is 45.3 Å². The Kier molecular flexibility index (Phi) is 6.04. The zero-order valence-electron chi connectivity index (χ0n) is 18.6. The minimum Gasteiger partial charge on any atom is -0.389 e. The molecule has 4 rings (SSSR count). The van der Waals surface area contributed by atoms with Gasteiger partial charge in [0.25, 0.3) is 0 Å². The standard InChI is InChI=1S/C25H32FN3O2/c1-17(2)23-20-9-8-19(26)16-18(20)10-11-25(23,31)12-13-28(3)14-15-29-22-7-5-4-6-21(22)27-24(29)30/h4-9,16-17,23,31H,10-15H2,1-3H3,(H,27,30). The molecule has 3 aromatic rings. The molecule has 1 aliphatic rings. The van der Waals surface area contributed by atoms with E-state index in [1.54, 1.807) is 10.6 Å². The van der Waals surface area contributed by atoms with Crippen LogP contribution < -0.4 is 5.69 Å². The molecule has 2 atom stereocenters. The molecule has 166 valence electrons. The Hall–Kier alpha value is -2.44. The number of hydrogen-bond donors (Lipinski definition) is 2. The summed E-state index contributed by atoms with van der Waals surface area (Å²) in [4.78, 5) is 17.4. The van der Waals surface area contributed by atoms with E-state index in [0.29, 0.717) is 32.4 Å². The predicted molar refractivity (Wildman–Crippen MR) is 122 cm³/mol. The molecule has 31 heavy (non-hydrogen) atoms. The lowest BCUT2D eigenvalue weighted by atomic mass is 9.66. The summed E-state index contributed by atoms with van der Waals surface area (Å²) in [5, 5.41) is 11.6. The van der Waals surface area contributed by atoms with Gasteiger partial charge in [-0.2, -0.15) is 0 Å². The highest BCUT2D eigenvalue weighted by Crippen LogP contribution is 2.45. The van der Waals surface area contributed by atoms with Crippen molar-refractivity contribution in [3.63, 3.8) is 0 Å². The lowest BCUT2D eigenvalue weighted by Gasteiger charge is -2.44. The maximum Gasteiger partial charge on any atom is 0.326 e. The number of halogens is 1. The first-order valence-electron chi connectivity index (χ1n) is 11.2. The number of fused-ring (bicyclic) bond motifs is 2. The number of para-hydroxylation sites is 2. The van der Waals surface area contributed by atoms with Crippen LogP contribution >= 0.6 is 0 Å². The maximum atomic E-state index is 13.7. The molecule has 0 spiro atoms. The number of hydrogen-bond acceptors (Lipinski definition) is 3. The van der Waals surface area contributed by atoms with E-state index in [1.807, 2.05) is 37.4 Å². The molecule has 0 radical (unpaired) electrons. The van der Waals surface area contributed by atoms with Crippen LogP contribution in [0.2, 0.25) is 0 Å². The molecule has 1 heterocycles. The SMILES string of the molecule is CC(C)C1c2ccc(F)cc2CCC1(O)CCN(C)CCn1c(=O)[nH]c2ccccc21. The van der Waals surface area contributed by atoms with Crippen LogP contribution in [0, 0.1) is 11.7 Å². The number of aromatic amines is 1. The fraction of sp³-hybridized carbons (Fsp3) is 0.480. The molecule has 0 amide bonds. The number of nitrogens with one attached hydrogen (secondary N) is 1. The predicted octanol–water partition coefficient (Wildman–Crippen LogP) is 3.91. The second-order valence-corrected chi connectivity index (χ2v) is 9.32. The summed E-state index contributed by atoms with van der Waals surface area (Å²) in [6, 6.07) is 12.7. The van der Waals surface area contributed by atoms with Crippen LogP contribution in [0.15, 0.2) is 47.3 Å². The fourth-order valence-corrected chi connectivity index (χ4v) is 5.25. The molecule has 1 aliphatic carbocycles. The van der Waals surface area contributed by atoms with E-state index < -0.39 is 5.60 Å². The van der Waals surface area contributed by atoms with Gasteiger partial charge in [0.2, 0.25) is 0 Å². The first-order chi connectivity index (χ1) is 14.8. The highest BCUT2D eigenvalue weighted by Gasteiger charge is 2.43. The highest BCUT2D eigenvalue weighted by molar-refractivity contribution is 5.74. The van der Waals surface area contributed by atoms with Gasteiger partial charge in [0.05, 0.1) is 16.6 Å². The molecule has 0 fully saturated rings. The Bertz CT molecular complexity index is 1120. The zero-order chi connectivity index (χ0) is 22.2. The molecule has 0 aliphatic heterocycles. The van der Waals surface area contributed by atoms with Crippen LogP contribution in [0.4, 0.5) is 4.39 Å². The topological polar surface area (TPSA) is 61.3 Å². The Labute approximate surface area is 182 Å². The Morgan fingerprint density at radius 1 is 1.26 bits per heavy atom. The Morgan fingerprint density at radius 2 is 2.03 bits per heavy atom. The monoisotopic (exact) mass is 425 g/mol. The number of aromatic nitrogens is 2. The number of H-pyrrole nitrogens is 1. The minimum atomic E-state index is -0.815. The zero-order valence-corrected chi connectivity index (χ0v) is 18.6. The molecular weight excluding hydrogens is 393 g/mol. The summed E-state index contributed by atoms with van der Waals surface area (Å²) < 4.78 is 15.5. The van der Waals surface area contributed by atoms with Gasteiger partial charge in [0.1, 0.15) is 5.82 Å². The van der Waals surface area contributed by atoms with Crippen molar-refractivity contribution in [3.8, 4) is 0 Å². The third-order valence-corrected chi connectivity index (χ3v) is 6.83. The lowest BCUT2D eigenvalue weighted by Crippen LogP contribution is -2.45. The molecule has 2 unspecified atom stereocenters. The fourth-order valence-electron chi connectivity index (χ4n) is 5.25. The van der Waals surface area contributed by atoms with E-state index in [1.165, 1.54) is 6.07 Å². The first-order valence-corrected chi connectivity index (χ1v) is 11.2. The summed E-state index contributed by atoms with van der Waals surface area (Å²) >= 11 is 0. The number of imidazole rings is 1. The molecule has 6 heteroatoms. The second-order valence-electron chi connectivity index (χ2n) is 9.32. The number of aliphatic hydroxyl groups is 1. The van der Waals surface area contributed by atoms with Crippen molar-refractivity contribution in [2.24, 2.45) is 5.92 Å². The number of aryl methyl sites for hydroxylation is 1. The quantitative estimate of drug-likeness (QED) is 0.603. The molecule has 5 nitrogen and oxygen atoms in total. The summed E-state index contributed by atoms with van der Waals surface area (Å²) in [7, 11) is 2.03. The van der Waals surface area contributed by atoms with E-state index in [2.05, 4.69) is 23.7 Å². The third kappa shape index (κ3) is 4.32. The number of rotatable bonds is 7. The maximum absolute atomic E-state index is 13.7. The summed E-state index contributed by atoms with van der Waals surface area (Å²) in [5.41, 5.74) is 2.96. The van der Waals surface area contributed by atoms with Crippen molar-refractivity contribution in [1.29, 1.82) is 0 Å². The first kappa shape index (κ1) is 21.8. The number of likely N-dealkylation sites (N-methyl/N-ethyl adjacent to an activating group) is 1. The molecule has 2 aromatic carbocycles. The van der Waals surface area contributed by atoms with Crippen LogP contribution in [0.5, 0.6) is 0 Å². The molecular formula is C25H32FN3O2. The van der Waals surface area contributed by atoms with E-state index in [9.17, 15) is 14.3 Å². The highest BCUT2D eigenvalue weighted by atomic mass is 19.1. The molecule has 0 saturated heterocycles. The van der Waals surface area contributed by atoms with Crippen LogP contribution in [-0.2, 0) is 13.0 Å². The normalized spacial score (nSPS) is 21.2. The van der Waals surface area contributed by atoms with Crippen molar-refractivity contribution in [1.82, 2.24) is 14.5 Å².